The number of aryl methyl sites for hydroxylation is 1. The fourth-order valence-corrected chi connectivity index (χ4v) is 3.09. The quantitative estimate of drug-likeness (QED) is 0.520. The number of carbonyl (C=O) groups is 1. The SMILES string of the molecule is Cc1nnn(-c2ccc(C(F)F)cc2)c1COc1ccc(OC(=O)[C@H]2CNCCN2)nn1. The number of hydrogen-bond acceptors (Lipinski definition) is 9. The van der Waals surface area contributed by atoms with Gasteiger partial charge in [-0.3, -0.25) is 0 Å². The van der Waals surface area contributed by atoms with Crippen LogP contribution in [0, 0.1) is 6.92 Å². The Bertz CT molecular complexity index is 1050. The zero-order valence-electron chi connectivity index (χ0n) is 17.2. The highest BCUT2D eigenvalue weighted by Gasteiger charge is 2.23. The van der Waals surface area contributed by atoms with Gasteiger partial charge in [0.1, 0.15) is 18.3 Å². The lowest BCUT2D eigenvalue weighted by atomic mass is 10.2. The molecule has 10 nitrogen and oxygen atoms in total. The Hall–Kier alpha value is -3.51. The number of nitrogens with zero attached hydrogens (tertiary/aromatic N) is 5. The van der Waals surface area contributed by atoms with Gasteiger partial charge in [0.25, 0.3) is 6.43 Å². The molecule has 0 saturated carbocycles. The fraction of sp³-hybridized carbons (Fsp3) is 0.350. The number of alkyl halides is 2. The summed E-state index contributed by atoms with van der Waals surface area (Å²) in [6, 6.07) is 8.34. The summed E-state index contributed by atoms with van der Waals surface area (Å²) in [4.78, 5) is 12.1. The third-order valence-electron chi connectivity index (χ3n) is 4.85. The number of nitrogens with one attached hydrogen (secondary N) is 2. The Morgan fingerprint density at radius 1 is 1.12 bits per heavy atom. The number of esters is 1. The number of piperazine rings is 1. The van der Waals surface area contributed by atoms with Gasteiger partial charge in [-0.25, -0.2) is 18.3 Å². The number of ether oxygens (including phenoxy) is 2. The number of rotatable bonds is 7. The van der Waals surface area contributed by atoms with Gasteiger partial charge in [0.05, 0.1) is 11.4 Å². The number of aromatic nitrogens is 5. The van der Waals surface area contributed by atoms with Crippen LogP contribution in [0.4, 0.5) is 8.78 Å². The molecule has 32 heavy (non-hydrogen) atoms. The van der Waals surface area contributed by atoms with Crippen molar-refractivity contribution >= 4 is 5.97 Å². The molecular formula is C20H21F2N7O3. The van der Waals surface area contributed by atoms with Crippen LogP contribution in [0.2, 0.25) is 0 Å². The van der Waals surface area contributed by atoms with Crippen molar-refractivity contribution in [2.24, 2.45) is 0 Å². The van der Waals surface area contributed by atoms with E-state index in [-0.39, 0.29) is 23.9 Å². The van der Waals surface area contributed by atoms with Crippen LogP contribution in [0.3, 0.4) is 0 Å². The van der Waals surface area contributed by atoms with Gasteiger partial charge in [-0.15, -0.1) is 15.3 Å². The van der Waals surface area contributed by atoms with E-state index < -0.39 is 18.4 Å². The molecule has 168 valence electrons. The molecule has 1 aromatic carbocycles. The van der Waals surface area contributed by atoms with E-state index >= 15 is 0 Å². The molecule has 0 unspecified atom stereocenters. The van der Waals surface area contributed by atoms with Crippen LogP contribution in [-0.4, -0.2) is 56.8 Å². The first-order valence-corrected chi connectivity index (χ1v) is 9.93. The van der Waals surface area contributed by atoms with Crippen LogP contribution in [0.1, 0.15) is 23.4 Å². The van der Waals surface area contributed by atoms with Gasteiger partial charge in [0.15, 0.2) is 0 Å². The first-order valence-electron chi connectivity index (χ1n) is 9.93. The number of benzene rings is 1. The molecule has 0 spiro atoms. The van der Waals surface area contributed by atoms with Crippen molar-refractivity contribution in [1.29, 1.82) is 0 Å². The Balaban J connectivity index is 1.38. The van der Waals surface area contributed by atoms with E-state index in [0.717, 1.165) is 6.54 Å². The van der Waals surface area contributed by atoms with Crippen molar-refractivity contribution in [3.63, 3.8) is 0 Å². The molecule has 0 aliphatic carbocycles. The normalized spacial score (nSPS) is 16.2. The van der Waals surface area contributed by atoms with Crippen molar-refractivity contribution in [3.05, 3.63) is 53.3 Å². The zero-order chi connectivity index (χ0) is 22.5. The second-order valence-electron chi connectivity index (χ2n) is 7.06. The summed E-state index contributed by atoms with van der Waals surface area (Å²) in [5, 5.41) is 22.0. The predicted octanol–water partition coefficient (Wildman–Crippen LogP) is 1.35. The van der Waals surface area contributed by atoms with Crippen LogP contribution in [-0.2, 0) is 11.4 Å². The molecule has 1 saturated heterocycles. The molecule has 1 fully saturated rings. The van der Waals surface area contributed by atoms with Gasteiger partial charge in [-0.1, -0.05) is 17.3 Å². The van der Waals surface area contributed by atoms with E-state index in [1.807, 2.05) is 0 Å². The Morgan fingerprint density at radius 2 is 1.88 bits per heavy atom. The highest BCUT2D eigenvalue weighted by Crippen LogP contribution is 2.21. The smallest absolute Gasteiger partial charge is 0.331 e. The van der Waals surface area contributed by atoms with Gasteiger partial charge in [0.2, 0.25) is 11.8 Å². The summed E-state index contributed by atoms with van der Waals surface area (Å²) in [5.74, 6) is -0.164. The first-order chi connectivity index (χ1) is 15.5. The van der Waals surface area contributed by atoms with E-state index in [0.29, 0.717) is 30.2 Å². The number of halogens is 2. The molecule has 0 radical (unpaired) electrons. The van der Waals surface area contributed by atoms with Gasteiger partial charge < -0.3 is 20.1 Å². The fourth-order valence-electron chi connectivity index (χ4n) is 3.09. The van der Waals surface area contributed by atoms with Gasteiger partial charge in [-0.05, 0) is 19.1 Å². The second-order valence-corrected chi connectivity index (χ2v) is 7.06. The molecule has 0 bridgehead atoms. The second kappa shape index (κ2) is 9.75. The van der Waals surface area contributed by atoms with E-state index in [2.05, 4.69) is 31.1 Å². The van der Waals surface area contributed by atoms with Crippen LogP contribution in [0.5, 0.6) is 11.8 Å². The maximum atomic E-state index is 12.8. The number of hydrogen-bond donors (Lipinski definition) is 2. The van der Waals surface area contributed by atoms with E-state index in [1.54, 1.807) is 19.1 Å². The summed E-state index contributed by atoms with van der Waals surface area (Å²) in [5.41, 5.74) is 1.75. The largest absolute Gasteiger partial charge is 0.470 e. The van der Waals surface area contributed by atoms with E-state index in [4.69, 9.17) is 9.47 Å². The number of carbonyl (C=O) groups excluding carboxylic acids is 1. The Morgan fingerprint density at radius 3 is 2.53 bits per heavy atom. The van der Waals surface area contributed by atoms with Gasteiger partial charge in [-0.2, -0.15) is 0 Å². The monoisotopic (exact) mass is 445 g/mol. The van der Waals surface area contributed by atoms with Crippen molar-refractivity contribution < 1.29 is 23.0 Å². The summed E-state index contributed by atoms with van der Waals surface area (Å²) < 4.78 is 38.0. The van der Waals surface area contributed by atoms with Crippen molar-refractivity contribution in [2.45, 2.75) is 26.0 Å². The lowest BCUT2D eigenvalue weighted by Crippen LogP contribution is -2.53. The molecule has 1 atom stereocenters. The lowest BCUT2D eigenvalue weighted by Gasteiger charge is -2.22. The van der Waals surface area contributed by atoms with Crippen LogP contribution in [0.25, 0.3) is 5.69 Å². The van der Waals surface area contributed by atoms with E-state index in [1.165, 1.54) is 28.9 Å². The average Bonchev–Trinajstić information content (AvgIpc) is 3.19. The minimum atomic E-state index is -2.54. The summed E-state index contributed by atoms with van der Waals surface area (Å²) in [7, 11) is 0. The zero-order valence-corrected chi connectivity index (χ0v) is 17.2. The van der Waals surface area contributed by atoms with Crippen LogP contribution < -0.4 is 20.1 Å². The molecule has 4 rings (SSSR count). The first kappa shape index (κ1) is 21.7. The van der Waals surface area contributed by atoms with Gasteiger partial charge >= 0.3 is 5.97 Å². The average molecular weight is 445 g/mol. The minimum Gasteiger partial charge on any atom is -0.470 e. The predicted molar refractivity (Wildman–Crippen MR) is 108 cm³/mol. The van der Waals surface area contributed by atoms with Crippen molar-refractivity contribution in [3.8, 4) is 17.4 Å². The third-order valence-corrected chi connectivity index (χ3v) is 4.85. The Labute approximate surface area is 181 Å². The standard InChI is InChI=1S/C20H21F2N7O3/c1-12-16(29(28-25-12)14-4-2-13(3-5-14)19(21)22)11-31-17-6-7-18(27-26-17)32-20(30)15-10-23-8-9-24-15/h2-7,15,19,23-24H,8-11H2,1H3/t15-/m1/s1. The molecule has 12 heteroatoms. The molecular weight excluding hydrogens is 424 g/mol. The van der Waals surface area contributed by atoms with Crippen molar-refractivity contribution in [1.82, 2.24) is 35.8 Å². The molecule has 2 aromatic heterocycles. The minimum absolute atomic E-state index is 0.0664. The highest BCUT2D eigenvalue weighted by atomic mass is 19.3. The summed E-state index contributed by atoms with van der Waals surface area (Å²) >= 11 is 0. The highest BCUT2D eigenvalue weighted by molar-refractivity contribution is 5.78. The maximum absolute atomic E-state index is 12.8. The third kappa shape index (κ3) is 5.03. The maximum Gasteiger partial charge on any atom is 0.331 e. The topological polar surface area (TPSA) is 116 Å². The summed E-state index contributed by atoms with van der Waals surface area (Å²) in [6.45, 7) is 3.79. The van der Waals surface area contributed by atoms with E-state index in [9.17, 15) is 13.6 Å². The van der Waals surface area contributed by atoms with Gasteiger partial charge in [0, 0.05) is 37.3 Å². The molecule has 3 heterocycles. The molecule has 2 N–H and O–H groups in total. The lowest BCUT2D eigenvalue weighted by molar-refractivity contribution is -0.137. The molecule has 3 aromatic rings. The molecule has 0 amide bonds. The Kier molecular flexibility index (Phi) is 6.61. The van der Waals surface area contributed by atoms with Crippen molar-refractivity contribution in [2.75, 3.05) is 19.6 Å². The van der Waals surface area contributed by atoms with Crippen LogP contribution in [0.15, 0.2) is 36.4 Å². The summed E-state index contributed by atoms with van der Waals surface area (Å²) in [6.07, 6.45) is -2.54. The molecule has 1 aliphatic rings. The molecule has 1 aliphatic heterocycles. The van der Waals surface area contributed by atoms with Crippen LogP contribution >= 0.6 is 0 Å².